The van der Waals surface area contributed by atoms with Gasteiger partial charge in [-0.3, -0.25) is 0 Å². The fourth-order valence-corrected chi connectivity index (χ4v) is 8.57. The second-order valence-corrected chi connectivity index (χ2v) is 14.0. The molecule has 0 spiro atoms. The molecule has 21 heavy (non-hydrogen) atoms. The van der Waals surface area contributed by atoms with Crippen LogP contribution in [0.5, 0.6) is 0 Å². The van der Waals surface area contributed by atoms with E-state index >= 15 is 0 Å². The molecule has 0 atom stereocenters. The van der Waals surface area contributed by atoms with Crippen LogP contribution in [0.25, 0.3) is 5.20 Å². The largest absolute Gasteiger partial charge is 0.414 e. The van der Waals surface area contributed by atoms with Crippen molar-refractivity contribution in [1.82, 2.24) is 0 Å². The molecule has 0 saturated heterocycles. The van der Waals surface area contributed by atoms with Gasteiger partial charge in [-0.05, 0) is 63.3 Å². The Morgan fingerprint density at radius 3 is 2.10 bits per heavy atom. The topological polar surface area (TPSA) is 18.5 Å². The summed E-state index contributed by atoms with van der Waals surface area (Å²) in [4.78, 5) is 0. The van der Waals surface area contributed by atoms with Crippen LogP contribution in [0.4, 0.5) is 0 Å². The molecule has 0 saturated carbocycles. The van der Waals surface area contributed by atoms with Gasteiger partial charge in [0, 0.05) is 13.2 Å². The average molecular weight is 323 g/mol. The first-order valence-corrected chi connectivity index (χ1v) is 13.7. The Kier molecular flexibility index (Phi) is 6.59. The van der Waals surface area contributed by atoms with Crippen molar-refractivity contribution in [3.05, 3.63) is 41.1 Å². The van der Waals surface area contributed by atoms with Gasteiger partial charge < -0.3 is 8.85 Å². The Labute approximate surface area is 132 Å². The van der Waals surface area contributed by atoms with E-state index in [1.54, 1.807) is 0 Å². The normalized spacial score (nSPS) is 13.6. The lowest BCUT2D eigenvalue weighted by Gasteiger charge is -2.30. The molecular weight excluding hydrogens is 292 g/mol. The summed E-state index contributed by atoms with van der Waals surface area (Å²) in [6, 6.07) is 8.60. The van der Waals surface area contributed by atoms with Gasteiger partial charge in [-0.15, -0.1) is 0 Å². The van der Waals surface area contributed by atoms with Crippen LogP contribution < -0.4 is 0 Å². The van der Waals surface area contributed by atoms with Crippen LogP contribution in [0.15, 0.2) is 30.0 Å². The minimum atomic E-state index is -1.93. The van der Waals surface area contributed by atoms with E-state index in [9.17, 15) is 0 Å². The summed E-state index contributed by atoms with van der Waals surface area (Å²) in [5.41, 5.74) is 5.04. The lowest BCUT2D eigenvalue weighted by atomic mass is 10.1. The van der Waals surface area contributed by atoms with Crippen molar-refractivity contribution in [3.63, 3.8) is 0 Å². The zero-order valence-electron chi connectivity index (χ0n) is 14.6. The molecule has 0 aromatic heterocycles. The lowest BCUT2D eigenvalue weighted by molar-refractivity contribution is 0.336. The highest BCUT2D eigenvalue weighted by Crippen LogP contribution is 2.31. The molecule has 1 aromatic rings. The number of aryl methyl sites for hydroxylation is 1. The Bertz CT molecular complexity index is 493. The Morgan fingerprint density at radius 1 is 1.00 bits per heavy atom. The number of benzene rings is 1. The molecule has 4 heteroatoms. The van der Waals surface area contributed by atoms with Crippen LogP contribution in [-0.2, 0) is 8.85 Å². The van der Waals surface area contributed by atoms with E-state index in [1.807, 2.05) is 0 Å². The summed E-state index contributed by atoms with van der Waals surface area (Å²) < 4.78 is 12.2. The van der Waals surface area contributed by atoms with Gasteiger partial charge in [0.15, 0.2) is 0 Å². The van der Waals surface area contributed by atoms with Gasteiger partial charge in [0.25, 0.3) is 0 Å². The molecule has 0 heterocycles. The van der Waals surface area contributed by atoms with Crippen LogP contribution in [0.1, 0.15) is 25.0 Å². The summed E-state index contributed by atoms with van der Waals surface area (Å²) >= 11 is 0. The van der Waals surface area contributed by atoms with Gasteiger partial charge in [-0.1, -0.05) is 30.0 Å². The number of hydrogen-bond acceptors (Lipinski definition) is 2. The van der Waals surface area contributed by atoms with Crippen LogP contribution in [0.3, 0.4) is 0 Å². The first kappa shape index (κ1) is 18.4. The molecule has 0 aliphatic carbocycles. The van der Waals surface area contributed by atoms with Gasteiger partial charge in [0.05, 0.1) is 0 Å². The maximum absolute atomic E-state index is 6.16. The molecular formula is C17H30O2Si2. The molecule has 0 aliphatic rings. The first-order valence-electron chi connectivity index (χ1n) is 7.80. The molecule has 0 fully saturated rings. The third kappa shape index (κ3) is 5.22. The minimum Gasteiger partial charge on any atom is -0.414 e. The molecule has 0 amide bonds. The molecule has 0 radical (unpaired) electrons. The van der Waals surface area contributed by atoms with Gasteiger partial charge >= 0.3 is 0 Å². The predicted molar refractivity (Wildman–Crippen MR) is 97.4 cm³/mol. The highest BCUT2D eigenvalue weighted by atomic mass is 28.4. The van der Waals surface area contributed by atoms with E-state index in [4.69, 9.17) is 8.85 Å². The molecule has 0 aliphatic heterocycles. The number of rotatable bonds is 7. The van der Waals surface area contributed by atoms with Crippen molar-refractivity contribution < 1.29 is 8.85 Å². The fraction of sp³-hybridized carbons (Fsp3) is 0.529. The lowest BCUT2D eigenvalue weighted by Crippen LogP contribution is -2.37. The van der Waals surface area contributed by atoms with E-state index in [0.29, 0.717) is 0 Å². The van der Waals surface area contributed by atoms with Gasteiger partial charge in [-0.25, -0.2) is 0 Å². The summed E-state index contributed by atoms with van der Waals surface area (Å²) in [5.74, 6) is 0. The van der Waals surface area contributed by atoms with Crippen molar-refractivity contribution in [2.45, 2.75) is 47.0 Å². The highest BCUT2D eigenvalue weighted by Gasteiger charge is 2.32. The fourth-order valence-electron chi connectivity index (χ4n) is 2.65. The van der Waals surface area contributed by atoms with E-state index in [0.717, 1.165) is 13.2 Å². The zero-order chi connectivity index (χ0) is 16.1. The first-order chi connectivity index (χ1) is 9.73. The number of hydrogen-bond donors (Lipinski definition) is 0. The molecule has 0 bridgehead atoms. The molecule has 1 aromatic carbocycles. The average Bonchev–Trinajstić information content (AvgIpc) is 2.37. The third-order valence-corrected chi connectivity index (χ3v) is 8.62. The second-order valence-electron chi connectivity index (χ2n) is 6.35. The minimum absolute atomic E-state index is 0.763. The molecule has 0 N–H and O–H groups in total. The molecule has 0 unspecified atom stereocenters. The predicted octanol–water partition coefficient (Wildman–Crippen LogP) is 4.94. The SMILES string of the molecule is CCO[Si](C)(C)/C=C(/c1ccccc1C)[Si](C)(C)OCC. The molecule has 118 valence electrons. The third-order valence-electron chi connectivity index (χ3n) is 3.60. The van der Waals surface area contributed by atoms with E-state index < -0.39 is 16.6 Å². The Morgan fingerprint density at radius 2 is 1.57 bits per heavy atom. The smallest absolute Gasteiger partial charge is 0.218 e. The maximum Gasteiger partial charge on any atom is 0.218 e. The van der Waals surface area contributed by atoms with Crippen LogP contribution in [0.2, 0.25) is 26.2 Å². The monoisotopic (exact) mass is 322 g/mol. The van der Waals surface area contributed by atoms with E-state index in [-0.39, 0.29) is 0 Å². The van der Waals surface area contributed by atoms with Gasteiger partial charge in [0.1, 0.15) is 0 Å². The Balaban J connectivity index is 3.38. The van der Waals surface area contributed by atoms with Gasteiger partial charge in [0.2, 0.25) is 16.6 Å². The van der Waals surface area contributed by atoms with E-state index in [1.165, 1.54) is 16.3 Å². The maximum atomic E-state index is 6.16. The van der Waals surface area contributed by atoms with E-state index in [2.05, 4.69) is 76.9 Å². The van der Waals surface area contributed by atoms with Crippen LogP contribution >= 0.6 is 0 Å². The summed E-state index contributed by atoms with van der Waals surface area (Å²) in [7, 11) is -3.75. The van der Waals surface area contributed by atoms with Crippen molar-refractivity contribution in [2.75, 3.05) is 13.2 Å². The van der Waals surface area contributed by atoms with Crippen molar-refractivity contribution in [2.24, 2.45) is 0 Å². The quantitative estimate of drug-likeness (QED) is 0.662. The van der Waals surface area contributed by atoms with Crippen LogP contribution in [-0.4, -0.2) is 29.8 Å². The second kappa shape index (κ2) is 7.54. The zero-order valence-corrected chi connectivity index (χ0v) is 16.6. The standard InChI is InChI=1S/C17H30O2Si2/c1-8-18-20(4,5)14-17(21(6,7)19-9-2)16-13-11-10-12-15(16)3/h10-14H,8-9H2,1-7H3/b17-14-. The Hall–Kier alpha value is -0.686. The summed E-state index contributed by atoms with van der Waals surface area (Å²) in [5, 5.41) is 1.38. The van der Waals surface area contributed by atoms with Crippen molar-refractivity contribution in [1.29, 1.82) is 0 Å². The van der Waals surface area contributed by atoms with Crippen molar-refractivity contribution >= 4 is 21.8 Å². The van der Waals surface area contributed by atoms with Gasteiger partial charge in [-0.2, -0.15) is 0 Å². The molecule has 2 nitrogen and oxygen atoms in total. The summed E-state index contributed by atoms with van der Waals surface area (Å²) in [6.07, 6.45) is 0. The summed E-state index contributed by atoms with van der Waals surface area (Å²) in [6.45, 7) is 16.9. The molecule has 1 rings (SSSR count). The highest BCUT2D eigenvalue weighted by molar-refractivity contribution is 6.93. The van der Waals surface area contributed by atoms with Crippen molar-refractivity contribution in [3.8, 4) is 0 Å². The van der Waals surface area contributed by atoms with Crippen LogP contribution in [0, 0.1) is 6.92 Å².